The van der Waals surface area contributed by atoms with Crippen molar-refractivity contribution in [3.63, 3.8) is 0 Å². The van der Waals surface area contributed by atoms with Gasteiger partial charge in [-0.15, -0.1) is 0 Å². The van der Waals surface area contributed by atoms with Crippen molar-refractivity contribution in [3.05, 3.63) is 48.5 Å². The number of nitrogens with zero attached hydrogens (tertiary/aromatic N) is 3. The standard InChI is InChI=1S/C18H27N5O2/c1-14(12-23-10-9-19-13-23)21-18(24)20-11-17(22(2)3)15-5-7-16(25-4)8-6-15/h5-10,13-14,17H,11-12H2,1-4H3,(H2,20,21,24). The van der Waals surface area contributed by atoms with Crippen LogP contribution in [-0.2, 0) is 6.54 Å². The van der Waals surface area contributed by atoms with E-state index in [0.29, 0.717) is 13.1 Å². The summed E-state index contributed by atoms with van der Waals surface area (Å²) in [5, 5.41) is 5.90. The SMILES string of the molecule is COc1ccc(C(CNC(=O)NC(C)Cn2ccnc2)N(C)C)cc1. The van der Waals surface area contributed by atoms with Crippen LogP contribution in [-0.4, -0.2) is 54.3 Å². The van der Waals surface area contributed by atoms with Gasteiger partial charge < -0.3 is 24.8 Å². The van der Waals surface area contributed by atoms with Crippen LogP contribution in [0.5, 0.6) is 5.75 Å². The zero-order chi connectivity index (χ0) is 18.2. The lowest BCUT2D eigenvalue weighted by Crippen LogP contribution is -2.45. The number of likely N-dealkylation sites (N-methyl/N-ethyl adjacent to an activating group) is 1. The summed E-state index contributed by atoms with van der Waals surface area (Å²) in [6, 6.07) is 7.81. The van der Waals surface area contributed by atoms with Crippen LogP contribution in [0.15, 0.2) is 43.0 Å². The third-order valence-corrected chi connectivity index (χ3v) is 4.00. The topological polar surface area (TPSA) is 71.4 Å². The molecule has 0 saturated heterocycles. The highest BCUT2D eigenvalue weighted by molar-refractivity contribution is 5.74. The fraction of sp³-hybridized carbons (Fsp3) is 0.444. The van der Waals surface area contributed by atoms with Crippen molar-refractivity contribution in [2.75, 3.05) is 27.7 Å². The molecule has 0 bridgehead atoms. The van der Waals surface area contributed by atoms with Gasteiger partial charge in [0.2, 0.25) is 0 Å². The molecule has 0 aliphatic heterocycles. The number of carbonyl (C=O) groups is 1. The van der Waals surface area contributed by atoms with Gasteiger partial charge >= 0.3 is 6.03 Å². The lowest BCUT2D eigenvalue weighted by atomic mass is 10.1. The molecule has 0 fully saturated rings. The second-order valence-corrected chi connectivity index (χ2v) is 6.27. The first-order valence-electron chi connectivity index (χ1n) is 8.30. The van der Waals surface area contributed by atoms with Crippen molar-refractivity contribution in [2.24, 2.45) is 0 Å². The number of urea groups is 1. The molecule has 0 saturated carbocycles. The number of hydrogen-bond donors (Lipinski definition) is 2. The van der Waals surface area contributed by atoms with E-state index in [4.69, 9.17) is 4.74 Å². The molecular weight excluding hydrogens is 318 g/mol. The number of carbonyl (C=O) groups excluding carboxylic acids is 1. The maximum Gasteiger partial charge on any atom is 0.315 e. The minimum atomic E-state index is -0.173. The minimum absolute atomic E-state index is 0.00740. The van der Waals surface area contributed by atoms with Gasteiger partial charge in [-0.3, -0.25) is 0 Å². The molecule has 1 heterocycles. The summed E-state index contributed by atoms with van der Waals surface area (Å²) >= 11 is 0. The average Bonchev–Trinajstić information content (AvgIpc) is 3.08. The van der Waals surface area contributed by atoms with Gasteiger partial charge in [0.1, 0.15) is 5.75 Å². The zero-order valence-electron chi connectivity index (χ0n) is 15.3. The number of methoxy groups -OCH3 is 1. The van der Waals surface area contributed by atoms with E-state index in [1.54, 1.807) is 19.6 Å². The van der Waals surface area contributed by atoms with Gasteiger partial charge in [-0.2, -0.15) is 0 Å². The predicted octanol–water partition coefficient (Wildman–Crippen LogP) is 1.88. The van der Waals surface area contributed by atoms with E-state index in [-0.39, 0.29) is 18.1 Å². The Morgan fingerprint density at radius 1 is 1.32 bits per heavy atom. The molecule has 2 rings (SSSR count). The van der Waals surface area contributed by atoms with E-state index in [1.165, 1.54) is 0 Å². The van der Waals surface area contributed by atoms with Gasteiger partial charge in [0.05, 0.1) is 19.5 Å². The second-order valence-electron chi connectivity index (χ2n) is 6.27. The van der Waals surface area contributed by atoms with Crippen molar-refractivity contribution in [1.29, 1.82) is 0 Å². The minimum Gasteiger partial charge on any atom is -0.497 e. The molecule has 2 atom stereocenters. The number of imidazole rings is 1. The quantitative estimate of drug-likeness (QED) is 0.766. The Kier molecular flexibility index (Phi) is 6.82. The first-order valence-corrected chi connectivity index (χ1v) is 8.30. The van der Waals surface area contributed by atoms with E-state index >= 15 is 0 Å². The summed E-state index contributed by atoms with van der Waals surface area (Å²) in [5.41, 5.74) is 1.12. The third-order valence-electron chi connectivity index (χ3n) is 4.00. The van der Waals surface area contributed by atoms with Crippen LogP contribution in [0.3, 0.4) is 0 Å². The van der Waals surface area contributed by atoms with E-state index in [2.05, 4.69) is 20.5 Å². The molecule has 25 heavy (non-hydrogen) atoms. The van der Waals surface area contributed by atoms with Crippen LogP contribution >= 0.6 is 0 Å². The average molecular weight is 345 g/mol. The second kappa shape index (κ2) is 9.08. The van der Waals surface area contributed by atoms with Crippen LogP contribution in [0.4, 0.5) is 4.79 Å². The molecule has 7 heteroatoms. The number of rotatable bonds is 8. The van der Waals surface area contributed by atoms with Crippen molar-refractivity contribution in [2.45, 2.75) is 25.6 Å². The predicted molar refractivity (Wildman–Crippen MR) is 97.6 cm³/mol. The molecule has 1 aromatic heterocycles. The Balaban J connectivity index is 1.86. The summed E-state index contributed by atoms with van der Waals surface area (Å²) in [7, 11) is 5.64. The van der Waals surface area contributed by atoms with Gasteiger partial charge in [-0.05, 0) is 38.7 Å². The van der Waals surface area contributed by atoms with Crippen molar-refractivity contribution >= 4 is 6.03 Å². The van der Waals surface area contributed by atoms with Gasteiger partial charge in [0.15, 0.2) is 0 Å². The van der Waals surface area contributed by atoms with Gasteiger partial charge in [-0.25, -0.2) is 9.78 Å². The highest BCUT2D eigenvalue weighted by atomic mass is 16.5. The van der Waals surface area contributed by atoms with Crippen molar-refractivity contribution in [1.82, 2.24) is 25.1 Å². The van der Waals surface area contributed by atoms with E-state index in [9.17, 15) is 4.79 Å². The van der Waals surface area contributed by atoms with Gasteiger partial charge in [0, 0.05) is 31.5 Å². The highest BCUT2D eigenvalue weighted by Gasteiger charge is 2.16. The van der Waals surface area contributed by atoms with E-state index in [0.717, 1.165) is 11.3 Å². The van der Waals surface area contributed by atoms with Crippen LogP contribution in [0, 0.1) is 0 Å². The van der Waals surface area contributed by atoms with Crippen LogP contribution in [0.1, 0.15) is 18.5 Å². The zero-order valence-corrected chi connectivity index (χ0v) is 15.3. The van der Waals surface area contributed by atoms with E-state index in [1.807, 2.05) is 56.0 Å². The Labute approximate surface area is 149 Å². The maximum absolute atomic E-state index is 12.2. The summed E-state index contributed by atoms with van der Waals surface area (Å²) in [6.07, 6.45) is 5.34. The lowest BCUT2D eigenvalue weighted by Gasteiger charge is -2.26. The summed E-state index contributed by atoms with van der Waals surface area (Å²) in [6.45, 7) is 3.17. The number of aromatic nitrogens is 2. The molecule has 0 aliphatic carbocycles. The third kappa shape index (κ3) is 5.79. The molecule has 0 spiro atoms. The Morgan fingerprint density at radius 3 is 2.60 bits per heavy atom. The Bertz CT molecular complexity index is 640. The molecule has 2 amide bonds. The molecule has 1 aromatic carbocycles. The Hall–Kier alpha value is -2.54. The van der Waals surface area contributed by atoms with Gasteiger partial charge in [0.25, 0.3) is 0 Å². The molecule has 0 radical (unpaired) electrons. The number of nitrogens with one attached hydrogen (secondary N) is 2. The largest absolute Gasteiger partial charge is 0.497 e. The number of ether oxygens (including phenoxy) is 1. The molecule has 2 N–H and O–H groups in total. The number of amides is 2. The summed E-state index contributed by atoms with van der Waals surface area (Å²) < 4.78 is 7.13. The molecule has 2 aromatic rings. The molecule has 136 valence electrons. The summed E-state index contributed by atoms with van der Waals surface area (Å²) in [5.74, 6) is 0.820. The highest BCUT2D eigenvalue weighted by Crippen LogP contribution is 2.20. The van der Waals surface area contributed by atoms with Crippen LogP contribution in [0.2, 0.25) is 0 Å². The molecule has 0 aliphatic rings. The van der Waals surface area contributed by atoms with Gasteiger partial charge in [-0.1, -0.05) is 12.1 Å². The number of benzene rings is 1. The fourth-order valence-corrected chi connectivity index (χ4v) is 2.65. The smallest absolute Gasteiger partial charge is 0.315 e. The maximum atomic E-state index is 12.2. The van der Waals surface area contributed by atoms with Crippen molar-refractivity contribution < 1.29 is 9.53 Å². The first-order chi connectivity index (χ1) is 12.0. The molecule has 2 unspecified atom stereocenters. The molecular formula is C18H27N5O2. The first kappa shape index (κ1) is 18.8. The molecule has 7 nitrogen and oxygen atoms in total. The van der Waals surface area contributed by atoms with Crippen molar-refractivity contribution in [3.8, 4) is 5.75 Å². The summed E-state index contributed by atoms with van der Waals surface area (Å²) in [4.78, 5) is 18.2. The van der Waals surface area contributed by atoms with E-state index < -0.39 is 0 Å². The normalized spacial score (nSPS) is 13.3. The number of hydrogen-bond acceptors (Lipinski definition) is 4. The van der Waals surface area contributed by atoms with Crippen LogP contribution in [0.25, 0.3) is 0 Å². The van der Waals surface area contributed by atoms with Crippen LogP contribution < -0.4 is 15.4 Å². The fourth-order valence-electron chi connectivity index (χ4n) is 2.65. The monoisotopic (exact) mass is 345 g/mol. The lowest BCUT2D eigenvalue weighted by molar-refractivity contribution is 0.228. The Morgan fingerprint density at radius 2 is 2.04 bits per heavy atom.